The number of carbonyl (C=O) groups excluding carboxylic acids is 1. The second-order valence-electron chi connectivity index (χ2n) is 7.72. The van der Waals surface area contributed by atoms with Gasteiger partial charge in [-0.3, -0.25) is 9.78 Å². The fourth-order valence-electron chi connectivity index (χ4n) is 3.73. The minimum Gasteiger partial charge on any atom is -0.364 e. The predicted octanol–water partition coefficient (Wildman–Crippen LogP) is 5.27. The number of aryl methyl sites for hydroxylation is 4. The van der Waals surface area contributed by atoms with Crippen molar-refractivity contribution in [3.05, 3.63) is 70.2 Å². The first-order valence-electron chi connectivity index (χ1n) is 9.56. The maximum Gasteiger partial charge on any atom is 0.269 e. The highest BCUT2D eigenvalue weighted by Crippen LogP contribution is 2.33. The van der Waals surface area contributed by atoms with Gasteiger partial charge < -0.3 is 5.73 Å². The average Bonchev–Trinajstić information content (AvgIpc) is 2.61. The van der Waals surface area contributed by atoms with E-state index < -0.39 is 5.91 Å². The second-order valence-corrected chi connectivity index (χ2v) is 7.72. The molecule has 0 unspecified atom stereocenters. The third-order valence-corrected chi connectivity index (χ3v) is 5.15. The topological polar surface area (TPSA) is 68.9 Å². The lowest BCUT2D eigenvalue weighted by Crippen LogP contribution is -2.17. The van der Waals surface area contributed by atoms with Crippen molar-refractivity contribution < 1.29 is 4.79 Å². The van der Waals surface area contributed by atoms with Crippen molar-refractivity contribution in [3.8, 4) is 22.4 Å². The lowest BCUT2D eigenvalue weighted by atomic mass is 9.91. The smallest absolute Gasteiger partial charge is 0.269 e. The molecule has 4 heteroatoms. The van der Waals surface area contributed by atoms with Gasteiger partial charge in [0.1, 0.15) is 5.69 Å². The Morgan fingerprint density at radius 1 is 0.857 bits per heavy atom. The monoisotopic (exact) mass is 373 g/mol. The molecule has 1 heterocycles. The molecule has 0 atom stereocenters. The van der Waals surface area contributed by atoms with E-state index in [1.54, 1.807) is 6.92 Å². The molecule has 0 aliphatic heterocycles. The van der Waals surface area contributed by atoms with Crippen LogP contribution in [0.5, 0.6) is 0 Å². The molecule has 0 spiro atoms. The van der Waals surface area contributed by atoms with E-state index in [1.807, 2.05) is 6.92 Å². The van der Waals surface area contributed by atoms with Crippen LogP contribution in [0.15, 0.2) is 36.4 Å². The highest BCUT2D eigenvalue weighted by molar-refractivity contribution is 5.92. The number of rotatable bonds is 4. The fraction of sp³-hybridized carbons (Fsp3) is 0.292. The molecule has 0 saturated carbocycles. The molecule has 0 fully saturated rings. The van der Waals surface area contributed by atoms with Crippen LogP contribution in [0.4, 0.5) is 0 Å². The summed E-state index contributed by atoms with van der Waals surface area (Å²) in [5, 5.41) is 0. The molecule has 144 valence electrons. The van der Waals surface area contributed by atoms with Gasteiger partial charge in [0.2, 0.25) is 0 Å². The Balaban J connectivity index is 2.10. The first-order valence-corrected chi connectivity index (χ1v) is 9.56. The summed E-state index contributed by atoms with van der Waals surface area (Å²) < 4.78 is 0. The standard InChI is InChI=1S/C24H27N3O/c1-13(2)18-7-9-19(10-8-18)21-14(3)11-20(12-15(21)4)22-16(5)26-17(6)23(27-22)24(25)28/h7-13H,1-6H3,(H2,25,28). The van der Waals surface area contributed by atoms with Gasteiger partial charge >= 0.3 is 0 Å². The van der Waals surface area contributed by atoms with Crippen LogP contribution in [-0.2, 0) is 0 Å². The highest BCUT2D eigenvalue weighted by Gasteiger charge is 2.16. The molecular weight excluding hydrogens is 346 g/mol. The van der Waals surface area contributed by atoms with Crippen LogP contribution < -0.4 is 5.73 Å². The van der Waals surface area contributed by atoms with Crippen LogP contribution in [0.1, 0.15) is 58.3 Å². The van der Waals surface area contributed by atoms with Crippen LogP contribution in [0.25, 0.3) is 22.4 Å². The van der Waals surface area contributed by atoms with Crippen LogP contribution in [0.3, 0.4) is 0 Å². The summed E-state index contributed by atoms with van der Waals surface area (Å²) in [6.07, 6.45) is 0. The van der Waals surface area contributed by atoms with Gasteiger partial charge in [-0.1, -0.05) is 38.1 Å². The van der Waals surface area contributed by atoms with Crippen LogP contribution in [0.2, 0.25) is 0 Å². The molecule has 1 amide bonds. The number of carbonyl (C=O) groups is 1. The molecule has 1 aromatic heterocycles. The molecule has 2 aromatic carbocycles. The largest absolute Gasteiger partial charge is 0.364 e. The first-order chi connectivity index (χ1) is 13.2. The van der Waals surface area contributed by atoms with E-state index in [0.717, 1.165) is 22.4 Å². The number of amides is 1. The molecule has 3 rings (SSSR count). The second kappa shape index (κ2) is 7.55. The number of primary amides is 1. The summed E-state index contributed by atoms with van der Waals surface area (Å²) in [6, 6.07) is 13.0. The Labute approximate surface area is 166 Å². The highest BCUT2D eigenvalue weighted by atomic mass is 16.1. The lowest BCUT2D eigenvalue weighted by Gasteiger charge is -2.15. The van der Waals surface area contributed by atoms with E-state index in [2.05, 4.69) is 74.1 Å². The third kappa shape index (κ3) is 3.68. The Morgan fingerprint density at radius 3 is 1.93 bits per heavy atom. The average molecular weight is 374 g/mol. The van der Waals surface area contributed by atoms with Crippen molar-refractivity contribution >= 4 is 5.91 Å². The van der Waals surface area contributed by atoms with Crippen molar-refractivity contribution in [2.75, 3.05) is 0 Å². The lowest BCUT2D eigenvalue weighted by molar-refractivity contribution is 0.0994. The molecule has 0 radical (unpaired) electrons. The molecule has 0 aliphatic carbocycles. The molecule has 4 nitrogen and oxygen atoms in total. The van der Waals surface area contributed by atoms with E-state index in [1.165, 1.54) is 16.7 Å². The van der Waals surface area contributed by atoms with E-state index in [4.69, 9.17) is 5.73 Å². The number of hydrogen-bond donors (Lipinski definition) is 1. The van der Waals surface area contributed by atoms with E-state index in [0.29, 0.717) is 17.3 Å². The van der Waals surface area contributed by atoms with E-state index in [9.17, 15) is 4.79 Å². The molecule has 0 aliphatic rings. The minimum absolute atomic E-state index is 0.226. The Bertz CT molecular complexity index is 1030. The summed E-state index contributed by atoms with van der Waals surface area (Å²) in [5.41, 5.74) is 14.8. The van der Waals surface area contributed by atoms with Crippen LogP contribution in [0, 0.1) is 27.7 Å². The molecular formula is C24H27N3O. The van der Waals surface area contributed by atoms with Gasteiger partial charge in [-0.15, -0.1) is 0 Å². The van der Waals surface area contributed by atoms with Gasteiger partial charge in [0, 0.05) is 5.56 Å². The maximum atomic E-state index is 11.7. The van der Waals surface area contributed by atoms with Crippen LogP contribution >= 0.6 is 0 Å². The van der Waals surface area contributed by atoms with Crippen molar-refractivity contribution in [3.63, 3.8) is 0 Å². The van der Waals surface area contributed by atoms with Gasteiger partial charge in [-0.05, 0) is 73.6 Å². The molecule has 0 bridgehead atoms. The predicted molar refractivity (Wildman–Crippen MR) is 114 cm³/mol. The zero-order valence-electron chi connectivity index (χ0n) is 17.4. The molecule has 28 heavy (non-hydrogen) atoms. The van der Waals surface area contributed by atoms with Gasteiger partial charge in [0.15, 0.2) is 0 Å². The van der Waals surface area contributed by atoms with Gasteiger partial charge in [-0.25, -0.2) is 4.98 Å². The van der Waals surface area contributed by atoms with Gasteiger partial charge in [0.25, 0.3) is 5.91 Å². The number of aromatic nitrogens is 2. The number of hydrogen-bond acceptors (Lipinski definition) is 3. The van der Waals surface area contributed by atoms with Gasteiger partial charge in [-0.2, -0.15) is 0 Å². The Kier molecular flexibility index (Phi) is 5.32. The zero-order valence-corrected chi connectivity index (χ0v) is 17.4. The van der Waals surface area contributed by atoms with E-state index in [-0.39, 0.29) is 5.69 Å². The molecule has 2 N–H and O–H groups in total. The molecule has 3 aromatic rings. The van der Waals surface area contributed by atoms with Crippen molar-refractivity contribution in [2.45, 2.75) is 47.5 Å². The zero-order chi connectivity index (χ0) is 20.6. The number of benzene rings is 2. The summed E-state index contributed by atoms with van der Waals surface area (Å²) >= 11 is 0. The van der Waals surface area contributed by atoms with Crippen LogP contribution in [-0.4, -0.2) is 15.9 Å². The third-order valence-electron chi connectivity index (χ3n) is 5.15. The Hall–Kier alpha value is -3.01. The number of nitrogens with zero attached hydrogens (tertiary/aromatic N) is 2. The summed E-state index contributed by atoms with van der Waals surface area (Å²) in [5.74, 6) is -0.0392. The van der Waals surface area contributed by atoms with Crippen molar-refractivity contribution in [1.29, 1.82) is 0 Å². The Morgan fingerprint density at radius 2 is 1.43 bits per heavy atom. The van der Waals surface area contributed by atoms with Crippen molar-refractivity contribution in [1.82, 2.24) is 9.97 Å². The fourth-order valence-corrected chi connectivity index (χ4v) is 3.73. The normalized spacial score (nSPS) is 11.1. The summed E-state index contributed by atoms with van der Waals surface area (Å²) in [4.78, 5) is 20.7. The molecule has 0 saturated heterocycles. The van der Waals surface area contributed by atoms with Crippen molar-refractivity contribution in [2.24, 2.45) is 5.73 Å². The first kappa shape index (κ1) is 19.7. The summed E-state index contributed by atoms with van der Waals surface area (Å²) in [6.45, 7) is 12.3. The quantitative estimate of drug-likeness (QED) is 0.677. The van der Waals surface area contributed by atoms with E-state index >= 15 is 0 Å². The number of nitrogens with two attached hydrogens (primary N) is 1. The van der Waals surface area contributed by atoms with Gasteiger partial charge in [0.05, 0.1) is 17.1 Å². The SMILES string of the molecule is Cc1cc(-c2nc(C(N)=O)c(C)nc2C)cc(C)c1-c1ccc(C(C)C)cc1. The maximum absolute atomic E-state index is 11.7. The summed E-state index contributed by atoms with van der Waals surface area (Å²) in [7, 11) is 0. The minimum atomic E-state index is -0.554.